The van der Waals surface area contributed by atoms with Crippen molar-refractivity contribution in [3.63, 3.8) is 0 Å². The first-order chi connectivity index (χ1) is 9.74. The van der Waals surface area contributed by atoms with Gasteiger partial charge < -0.3 is 5.32 Å². The molecular formula is C17H22BrNS. The highest BCUT2D eigenvalue weighted by molar-refractivity contribution is 9.10. The minimum absolute atomic E-state index is 0.436. The molecule has 1 atom stereocenters. The Morgan fingerprint density at radius 1 is 1.15 bits per heavy atom. The Balaban J connectivity index is 2.17. The molecular weight excluding hydrogens is 330 g/mol. The molecule has 0 fully saturated rings. The van der Waals surface area contributed by atoms with Crippen molar-refractivity contribution in [2.45, 2.75) is 39.2 Å². The van der Waals surface area contributed by atoms with E-state index in [1.165, 1.54) is 22.4 Å². The maximum absolute atomic E-state index is 3.71. The average molecular weight is 352 g/mol. The molecule has 1 heterocycles. The Labute approximate surface area is 134 Å². The van der Waals surface area contributed by atoms with E-state index in [9.17, 15) is 0 Å². The molecule has 2 rings (SSSR count). The molecule has 1 aromatic carbocycles. The third-order valence-electron chi connectivity index (χ3n) is 3.47. The van der Waals surface area contributed by atoms with Gasteiger partial charge >= 0.3 is 0 Å². The van der Waals surface area contributed by atoms with E-state index in [2.05, 4.69) is 70.8 Å². The van der Waals surface area contributed by atoms with Crippen LogP contribution in [-0.2, 0) is 12.8 Å². The molecule has 0 saturated heterocycles. The fourth-order valence-corrected chi connectivity index (χ4v) is 3.72. The highest BCUT2D eigenvalue weighted by Gasteiger charge is 2.16. The number of thiophene rings is 1. The summed E-state index contributed by atoms with van der Waals surface area (Å²) in [6.07, 6.45) is 3.34. The summed E-state index contributed by atoms with van der Waals surface area (Å²) in [5.74, 6) is 0. The normalized spacial score (nSPS) is 12.6. The van der Waals surface area contributed by atoms with Gasteiger partial charge in [-0.15, -0.1) is 11.3 Å². The fraction of sp³-hybridized carbons (Fsp3) is 0.412. The molecule has 0 aliphatic heterocycles. The zero-order valence-corrected chi connectivity index (χ0v) is 14.6. The van der Waals surface area contributed by atoms with Crippen molar-refractivity contribution >= 4 is 27.3 Å². The highest BCUT2D eigenvalue weighted by Crippen LogP contribution is 2.28. The van der Waals surface area contributed by atoms with E-state index >= 15 is 0 Å². The Bertz CT molecular complexity index is 518. The van der Waals surface area contributed by atoms with E-state index < -0.39 is 0 Å². The largest absolute Gasteiger partial charge is 0.309 e. The standard InChI is InChI=1S/C17H22BrNS/c1-3-10-19-16(17-14(4-2)9-11-20-17)12-13-5-7-15(18)8-6-13/h5-9,11,16,19H,3-4,10,12H2,1-2H3. The van der Waals surface area contributed by atoms with Crippen LogP contribution in [0.25, 0.3) is 0 Å². The Hall–Kier alpha value is -0.640. The van der Waals surface area contributed by atoms with Gasteiger partial charge in [0.1, 0.15) is 0 Å². The number of halogens is 1. The van der Waals surface area contributed by atoms with Gasteiger partial charge in [0.2, 0.25) is 0 Å². The van der Waals surface area contributed by atoms with Crippen LogP contribution in [0.2, 0.25) is 0 Å². The molecule has 1 aromatic heterocycles. The van der Waals surface area contributed by atoms with Gasteiger partial charge in [0.05, 0.1) is 0 Å². The van der Waals surface area contributed by atoms with Crippen molar-refractivity contribution in [2.75, 3.05) is 6.54 Å². The van der Waals surface area contributed by atoms with E-state index in [0.29, 0.717) is 6.04 Å². The van der Waals surface area contributed by atoms with Crippen molar-refractivity contribution in [2.24, 2.45) is 0 Å². The maximum Gasteiger partial charge on any atom is 0.0458 e. The molecule has 0 radical (unpaired) electrons. The number of hydrogen-bond acceptors (Lipinski definition) is 2. The monoisotopic (exact) mass is 351 g/mol. The van der Waals surface area contributed by atoms with E-state index in [0.717, 1.165) is 23.9 Å². The van der Waals surface area contributed by atoms with Crippen LogP contribution in [0.5, 0.6) is 0 Å². The molecule has 0 aliphatic rings. The van der Waals surface area contributed by atoms with E-state index in [-0.39, 0.29) is 0 Å². The van der Waals surface area contributed by atoms with Gasteiger partial charge in [-0.05, 0) is 60.5 Å². The van der Waals surface area contributed by atoms with Gasteiger partial charge in [-0.25, -0.2) is 0 Å². The van der Waals surface area contributed by atoms with Crippen molar-refractivity contribution in [1.82, 2.24) is 5.32 Å². The van der Waals surface area contributed by atoms with Crippen LogP contribution in [0.3, 0.4) is 0 Å². The molecule has 0 spiro atoms. The number of aryl methyl sites for hydroxylation is 1. The number of benzene rings is 1. The quantitative estimate of drug-likeness (QED) is 0.708. The average Bonchev–Trinajstić information content (AvgIpc) is 2.94. The summed E-state index contributed by atoms with van der Waals surface area (Å²) in [7, 11) is 0. The smallest absolute Gasteiger partial charge is 0.0458 e. The van der Waals surface area contributed by atoms with Crippen LogP contribution in [0.4, 0.5) is 0 Å². The number of hydrogen-bond donors (Lipinski definition) is 1. The van der Waals surface area contributed by atoms with E-state index in [1.54, 1.807) is 0 Å². The summed E-state index contributed by atoms with van der Waals surface area (Å²) in [4.78, 5) is 1.50. The van der Waals surface area contributed by atoms with Crippen LogP contribution < -0.4 is 5.32 Å². The van der Waals surface area contributed by atoms with Crippen LogP contribution in [0.15, 0.2) is 40.2 Å². The molecule has 0 bridgehead atoms. The molecule has 1 N–H and O–H groups in total. The van der Waals surface area contributed by atoms with Gasteiger partial charge in [0, 0.05) is 15.4 Å². The number of rotatable bonds is 7. The second-order valence-electron chi connectivity index (χ2n) is 5.00. The Kier molecular flexibility index (Phi) is 6.27. The van der Waals surface area contributed by atoms with Crippen LogP contribution in [-0.4, -0.2) is 6.54 Å². The summed E-state index contributed by atoms with van der Waals surface area (Å²) >= 11 is 5.38. The van der Waals surface area contributed by atoms with Crippen LogP contribution >= 0.6 is 27.3 Å². The zero-order chi connectivity index (χ0) is 14.4. The molecule has 0 amide bonds. The van der Waals surface area contributed by atoms with Crippen LogP contribution in [0.1, 0.15) is 42.3 Å². The van der Waals surface area contributed by atoms with Gasteiger partial charge in [0.25, 0.3) is 0 Å². The second kappa shape index (κ2) is 7.96. The molecule has 108 valence electrons. The van der Waals surface area contributed by atoms with Crippen LogP contribution in [0, 0.1) is 0 Å². The summed E-state index contributed by atoms with van der Waals surface area (Å²) in [6.45, 7) is 5.53. The topological polar surface area (TPSA) is 12.0 Å². The SMILES string of the molecule is CCCNC(Cc1ccc(Br)cc1)c1sccc1CC. The molecule has 1 nitrogen and oxygen atoms in total. The molecule has 20 heavy (non-hydrogen) atoms. The molecule has 0 saturated carbocycles. The molecule has 0 aliphatic carbocycles. The third kappa shape index (κ3) is 4.18. The Morgan fingerprint density at radius 2 is 1.90 bits per heavy atom. The first-order valence-electron chi connectivity index (χ1n) is 7.28. The first kappa shape index (κ1) is 15.7. The van der Waals surface area contributed by atoms with Crippen molar-refractivity contribution in [1.29, 1.82) is 0 Å². The molecule has 1 unspecified atom stereocenters. The second-order valence-corrected chi connectivity index (χ2v) is 6.86. The van der Waals surface area contributed by atoms with Gasteiger partial charge in [-0.3, -0.25) is 0 Å². The zero-order valence-electron chi connectivity index (χ0n) is 12.2. The molecule has 3 heteroatoms. The summed E-state index contributed by atoms with van der Waals surface area (Å²) in [6, 6.07) is 11.4. The Morgan fingerprint density at radius 3 is 2.55 bits per heavy atom. The van der Waals surface area contributed by atoms with Gasteiger partial charge in [0.15, 0.2) is 0 Å². The fourth-order valence-electron chi connectivity index (χ4n) is 2.38. The van der Waals surface area contributed by atoms with Gasteiger partial charge in [-0.2, -0.15) is 0 Å². The summed E-state index contributed by atoms with van der Waals surface area (Å²) in [5, 5.41) is 5.93. The van der Waals surface area contributed by atoms with Crippen molar-refractivity contribution in [3.8, 4) is 0 Å². The lowest BCUT2D eigenvalue weighted by Crippen LogP contribution is -2.24. The highest BCUT2D eigenvalue weighted by atomic mass is 79.9. The minimum atomic E-state index is 0.436. The van der Waals surface area contributed by atoms with Crippen molar-refractivity contribution < 1.29 is 0 Å². The number of nitrogens with one attached hydrogen (secondary N) is 1. The third-order valence-corrected chi connectivity index (χ3v) is 5.07. The minimum Gasteiger partial charge on any atom is -0.309 e. The van der Waals surface area contributed by atoms with Crippen molar-refractivity contribution in [3.05, 3.63) is 56.2 Å². The van der Waals surface area contributed by atoms with E-state index in [1.807, 2.05) is 11.3 Å². The van der Waals surface area contributed by atoms with E-state index in [4.69, 9.17) is 0 Å². The lowest BCUT2D eigenvalue weighted by atomic mass is 10.0. The predicted molar refractivity (Wildman–Crippen MR) is 92.6 cm³/mol. The summed E-state index contributed by atoms with van der Waals surface area (Å²) < 4.78 is 1.14. The first-order valence-corrected chi connectivity index (χ1v) is 8.96. The maximum atomic E-state index is 3.71. The van der Waals surface area contributed by atoms with Gasteiger partial charge in [-0.1, -0.05) is 41.9 Å². The summed E-state index contributed by atoms with van der Waals surface area (Å²) in [5.41, 5.74) is 2.87. The molecule has 2 aromatic rings. The lowest BCUT2D eigenvalue weighted by molar-refractivity contribution is 0.533. The lowest BCUT2D eigenvalue weighted by Gasteiger charge is -2.19. The predicted octanol–water partition coefficient (Wildman–Crippen LogP) is 5.36.